The van der Waals surface area contributed by atoms with E-state index in [4.69, 9.17) is 9.57 Å². The van der Waals surface area contributed by atoms with E-state index < -0.39 is 18.1 Å². The van der Waals surface area contributed by atoms with Gasteiger partial charge in [0.1, 0.15) is 5.92 Å². The first kappa shape index (κ1) is 21.0. The molecule has 0 aliphatic carbocycles. The third kappa shape index (κ3) is 3.50. The van der Waals surface area contributed by atoms with Crippen molar-refractivity contribution in [1.29, 1.82) is 0 Å². The summed E-state index contributed by atoms with van der Waals surface area (Å²) in [5.74, 6) is -1.13. The number of benzene rings is 3. The Morgan fingerprint density at radius 1 is 0.939 bits per heavy atom. The number of phenols is 1. The highest BCUT2D eigenvalue weighted by atomic mass is 16.7. The normalized spacial score (nSPS) is 22.1. The summed E-state index contributed by atoms with van der Waals surface area (Å²) >= 11 is 0. The number of para-hydroxylation sites is 1. The van der Waals surface area contributed by atoms with Crippen LogP contribution in [0.15, 0.2) is 72.8 Å². The van der Waals surface area contributed by atoms with Gasteiger partial charge in [-0.05, 0) is 55.8 Å². The molecule has 0 radical (unpaired) electrons. The number of aromatic hydroxyl groups is 1. The number of amides is 2. The monoisotopic (exact) mass is 444 g/mol. The molecule has 2 heterocycles. The number of aryl methyl sites for hydroxylation is 1. The van der Waals surface area contributed by atoms with Gasteiger partial charge in [0, 0.05) is 0 Å². The summed E-state index contributed by atoms with van der Waals surface area (Å²) in [5.41, 5.74) is 3.00. The number of phenolic OH excluding ortho intramolecular Hbond substituents is 1. The lowest BCUT2D eigenvalue weighted by atomic mass is 9.90. The standard InChI is InChI=1S/C26H24N2O5/c1-3-32-21-15-17(11-14-20(21)29)23-22-24(33-28(23)19-7-5-4-6-8-19)26(31)27(25(22)30)18-12-9-16(2)10-13-18/h4-15,22-24,29H,3H2,1-2H3/t22-,23+,24+/m0/s1. The third-order valence-corrected chi connectivity index (χ3v) is 6.04. The zero-order valence-corrected chi connectivity index (χ0v) is 18.3. The molecule has 0 aromatic heterocycles. The summed E-state index contributed by atoms with van der Waals surface area (Å²) in [6.07, 6.45) is -0.951. The van der Waals surface area contributed by atoms with Crippen molar-refractivity contribution >= 4 is 23.2 Å². The van der Waals surface area contributed by atoms with E-state index in [1.807, 2.05) is 56.3 Å². The maximum absolute atomic E-state index is 13.6. The number of hydroxylamine groups is 1. The van der Waals surface area contributed by atoms with Gasteiger partial charge in [0.05, 0.1) is 24.0 Å². The van der Waals surface area contributed by atoms with Gasteiger partial charge in [-0.3, -0.25) is 14.4 Å². The Morgan fingerprint density at radius 2 is 1.67 bits per heavy atom. The number of imide groups is 1. The Balaban J connectivity index is 1.59. The number of rotatable bonds is 5. The summed E-state index contributed by atoms with van der Waals surface area (Å²) in [5, 5.41) is 11.8. The molecule has 2 fully saturated rings. The van der Waals surface area contributed by atoms with Gasteiger partial charge in [-0.1, -0.05) is 42.0 Å². The second-order valence-corrected chi connectivity index (χ2v) is 8.17. The Morgan fingerprint density at radius 3 is 2.36 bits per heavy atom. The van der Waals surface area contributed by atoms with E-state index in [1.54, 1.807) is 29.3 Å². The maximum Gasteiger partial charge on any atom is 0.266 e. The molecule has 5 rings (SSSR count). The second kappa shape index (κ2) is 8.26. The van der Waals surface area contributed by atoms with Gasteiger partial charge < -0.3 is 9.84 Å². The lowest BCUT2D eigenvalue weighted by molar-refractivity contribution is -0.126. The number of hydrogen-bond donors (Lipinski definition) is 1. The van der Waals surface area contributed by atoms with E-state index in [9.17, 15) is 14.7 Å². The van der Waals surface area contributed by atoms with Crippen molar-refractivity contribution in [1.82, 2.24) is 0 Å². The highest BCUT2D eigenvalue weighted by Gasteiger charge is 2.60. The summed E-state index contributed by atoms with van der Waals surface area (Å²) in [6.45, 7) is 4.16. The minimum atomic E-state index is -0.951. The predicted octanol–water partition coefficient (Wildman–Crippen LogP) is 4.15. The number of fused-ring (bicyclic) bond motifs is 1. The van der Waals surface area contributed by atoms with E-state index in [1.165, 1.54) is 11.0 Å². The topological polar surface area (TPSA) is 79.3 Å². The third-order valence-electron chi connectivity index (χ3n) is 6.04. The maximum atomic E-state index is 13.6. The van der Waals surface area contributed by atoms with Gasteiger partial charge in [-0.2, -0.15) is 0 Å². The largest absolute Gasteiger partial charge is 0.504 e. The van der Waals surface area contributed by atoms with Crippen molar-refractivity contribution in [3.63, 3.8) is 0 Å². The summed E-state index contributed by atoms with van der Waals surface area (Å²) < 4.78 is 5.57. The Bertz CT molecular complexity index is 1200. The Kier molecular flexibility index (Phi) is 5.26. The molecule has 2 aliphatic rings. The SMILES string of the molecule is CCOc1cc([C@@H]2[C@@H]3C(=O)N(c4ccc(C)cc4)C(=O)[C@@H]3ON2c2ccccc2)ccc1O. The molecule has 7 heteroatoms. The van der Waals surface area contributed by atoms with Crippen LogP contribution in [0.25, 0.3) is 0 Å². The summed E-state index contributed by atoms with van der Waals surface area (Å²) in [7, 11) is 0. The minimum absolute atomic E-state index is 0.0115. The molecule has 0 saturated carbocycles. The second-order valence-electron chi connectivity index (χ2n) is 8.17. The summed E-state index contributed by atoms with van der Waals surface area (Å²) in [4.78, 5) is 34.3. The van der Waals surface area contributed by atoms with Crippen LogP contribution in [-0.4, -0.2) is 29.6 Å². The fraction of sp³-hybridized carbons (Fsp3) is 0.231. The zero-order valence-electron chi connectivity index (χ0n) is 18.3. The van der Waals surface area contributed by atoms with Gasteiger partial charge in [-0.25, -0.2) is 9.96 Å². The van der Waals surface area contributed by atoms with Crippen LogP contribution in [0, 0.1) is 12.8 Å². The molecule has 3 aromatic rings. The fourth-order valence-electron chi connectivity index (χ4n) is 4.49. The molecule has 3 atom stereocenters. The van der Waals surface area contributed by atoms with Crippen LogP contribution in [0.3, 0.4) is 0 Å². The van der Waals surface area contributed by atoms with Gasteiger partial charge in [0.25, 0.3) is 5.91 Å². The first-order chi connectivity index (χ1) is 16.0. The molecule has 168 valence electrons. The van der Waals surface area contributed by atoms with E-state index in [0.29, 0.717) is 23.6 Å². The number of nitrogens with zero attached hydrogens (tertiary/aromatic N) is 2. The predicted molar refractivity (Wildman–Crippen MR) is 123 cm³/mol. The Labute approximate surface area is 191 Å². The zero-order chi connectivity index (χ0) is 23.1. The van der Waals surface area contributed by atoms with Crippen LogP contribution < -0.4 is 14.7 Å². The van der Waals surface area contributed by atoms with Crippen LogP contribution in [0.4, 0.5) is 11.4 Å². The van der Waals surface area contributed by atoms with Crippen LogP contribution in [-0.2, 0) is 14.4 Å². The number of hydrogen-bond acceptors (Lipinski definition) is 6. The molecule has 1 N–H and O–H groups in total. The van der Waals surface area contributed by atoms with Gasteiger partial charge in [-0.15, -0.1) is 0 Å². The molecule has 0 spiro atoms. The van der Waals surface area contributed by atoms with Crippen molar-refractivity contribution in [2.24, 2.45) is 5.92 Å². The summed E-state index contributed by atoms with van der Waals surface area (Å²) in [6, 6.07) is 21.0. The van der Waals surface area contributed by atoms with Crippen LogP contribution in [0.2, 0.25) is 0 Å². The van der Waals surface area contributed by atoms with E-state index in [0.717, 1.165) is 11.3 Å². The van der Waals surface area contributed by atoms with Crippen molar-refractivity contribution in [2.75, 3.05) is 16.6 Å². The van der Waals surface area contributed by atoms with Crippen molar-refractivity contribution < 1.29 is 24.3 Å². The van der Waals surface area contributed by atoms with Crippen molar-refractivity contribution in [2.45, 2.75) is 26.0 Å². The first-order valence-electron chi connectivity index (χ1n) is 10.9. The number of carbonyl (C=O) groups excluding carboxylic acids is 2. The molecule has 3 aromatic carbocycles. The first-order valence-corrected chi connectivity index (χ1v) is 10.9. The molecule has 2 aliphatic heterocycles. The molecule has 2 saturated heterocycles. The van der Waals surface area contributed by atoms with Gasteiger partial charge in [0.2, 0.25) is 5.91 Å². The average molecular weight is 444 g/mol. The van der Waals surface area contributed by atoms with Crippen molar-refractivity contribution in [3.05, 3.63) is 83.9 Å². The lowest BCUT2D eigenvalue weighted by Crippen LogP contribution is -2.37. The van der Waals surface area contributed by atoms with Crippen LogP contribution >= 0.6 is 0 Å². The molecule has 0 unspecified atom stereocenters. The van der Waals surface area contributed by atoms with Crippen LogP contribution in [0.5, 0.6) is 11.5 Å². The van der Waals surface area contributed by atoms with E-state index >= 15 is 0 Å². The lowest BCUT2D eigenvalue weighted by Gasteiger charge is -2.29. The molecule has 0 bridgehead atoms. The van der Waals surface area contributed by atoms with Crippen molar-refractivity contribution in [3.8, 4) is 11.5 Å². The van der Waals surface area contributed by atoms with E-state index in [2.05, 4.69) is 0 Å². The number of ether oxygens (including phenoxy) is 1. The number of anilines is 2. The Hall–Kier alpha value is -3.84. The number of carbonyl (C=O) groups is 2. The highest BCUT2D eigenvalue weighted by molar-refractivity contribution is 6.23. The molecular formula is C26H24N2O5. The minimum Gasteiger partial charge on any atom is -0.504 e. The quantitative estimate of drug-likeness (QED) is 0.596. The van der Waals surface area contributed by atoms with E-state index in [-0.39, 0.29) is 17.6 Å². The highest BCUT2D eigenvalue weighted by Crippen LogP contribution is 2.48. The van der Waals surface area contributed by atoms with Gasteiger partial charge in [0.15, 0.2) is 17.6 Å². The molecular weight excluding hydrogens is 420 g/mol. The molecule has 33 heavy (non-hydrogen) atoms. The molecule has 2 amide bonds. The smallest absolute Gasteiger partial charge is 0.266 e. The molecule has 7 nitrogen and oxygen atoms in total. The van der Waals surface area contributed by atoms with Crippen LogP contribution in [0.1, 0.15) is 24.1 Å². The average Bonchev–Trinajstić information content (AvgIpc) is 3.33. The fourth-order valence-corrected chi connectivity index (χ4v) is 4.49. The van der Waals surface area contributed by atoms with Gasteiger partial charge >= 0.3 is 0 Å².